The molecule has 0 aliphatic carbocycles. The summed E-state index contributed by atoms with van der Waals surface area (Å²) in [6.07, 6.45) is 2.16. The highest BCUT2D eigenvalue weighted by atomic mass is 35.5. The Labute approximate surface area is 145 Å². The molecule has 1 aromatic heterocycles. The van der Waals surface area contributed by atoms with Crippen LogP contribution in [0.25, 0.3) is 0 Å². The third kappa shape index (κ3) is 6.21. The molecule has 1 heterocycles. The average molecular weight is 360 g/mol. The molecule has 2 aromatic rings. The zero-order chi connectivity index (χ0) is 15.1. The minimum absolute atomic E-state index is 0.448. The molecular weight excluding hydrogens is 341 g/mol. The molecule has 21 heavy (non-hydrogen) atoms. The first-order valence-corrected chi connectivity index (χ1v) is 9.59. The SMILES string of the molecule is CCCNC(CSc1cccc(Cl)c1)Cc1ccc(Cl)s1. The lowest BCUT2D eigenvalue weighted by atomic mass is 10.2. The van der Waals surface area contributed by atoms with E-state index < -0.39 is 0 Å². The van der Waals surface area contributed by atoms with Crippen LogP contribution < -0.4 is 5.32 Å². The first-order chi connectivity index (χ1) is 10.2. The summed E-state index contributed by atoms with van der Waals surface area (Å²) in [7, 11) is 0. The van der Waals surface area contributed by atoms with Gasteiger partial charge in [0.25, 0.3) is 0 Å². The van der Waals surface area contributed by atoms with Crippen LogP contribution in [0.4, 0.5) is 0 Å². The van der Waals surface area contributed by atoms with Crippen molar-refractivity contribution in [3.05, 3.63) is 50.6 Å². The number of nitrogens with one attached hydrogen (secondary N) is 1. The van der Waals surface area contributed by atoms with Crippen LogP contribution >= 0.6 is 46.3 Å². The zero-order valence-corrected chi connectivity index (χ0v) is 15.1. The van der Waals surface area contributed by atoms with Crippen molar-refractivity contribution < 1.29 is 0 Å². The Balaban J connectivity index is 1.92. The molecule has 1 unspecified atom stereocenters. The van der Waals surface area contributed by atoms with E-state index in [4.69, 9.17) is 23.2 Å². The molecule has 0 bridgehead atoms. The van der Waals surface area contributed by atoms with Crippen molar-refractivity contribution >= 4 is 46.3 Å². The van der Waals surface area contributed by atoms with Gasteiger partial charge in [0.2, 0.25) is 0 Å². The molecule has 0 saturated carbocycles. The van der Waals surface area contributed by atoms with Gasteiger partial charge in [0, 0.05) is 26.6 Å². The van der Waals surface area contributed by atoms with Crippen molar-refractivity contribution in [1.29, 1.82) is 0 Å². The summed E-state index contributed by atoms with van der Waals surface area (Å²) < 4.78 is 0.863. The van der Waals surface area contributed by atoms with Crippen LogP contribution in [0.2, 0.25) is 9.36 Å². The molecule has 0 amide bonds. The van der Waals surface area contributed by atoms with Crippen molar-refractivity contribution in [3.63, 3.8) is 0 Å². The lowest BCUT2D eigenvalue weighted by Crippen LogP contribution is -2.33. The van der Waals surface area contributed by atoms with E-state index >= 15 is 0 Å². The fraction of sp³-hybridized carbons (Fsp3) is 0.375. The van der Waals surface area contributed by atoms with E-state index in [1.807, 2.05) is 36.0 Å². The minimum Gasteiger partial charge on any atom is -0.313 e. The second-order valence-electron chi connectivity index (χ2n) is 4.83. The van der Waals surface area contributed by atoms with Gasteiger partial charge in [-0.3, -0.25) is 0 Å². The third-order valence-corrected chi connectivity index (χ3v) is 5.65. The van der Waals surface area contributed by atoms with Crippen LogP contribution in [-0.2, 0) is 6.42 Å². The van der Waals surface area contributed by atoms with E-state index in [1.54, 1.807) is 11.3 Å². The zero-order valence-electron chi connectivity index (χ0n) is 11.9. The smallest absolute Gasteiger partial charge is 0.0931 e. The van der Waals surface area contributed by atoms with Gasteiger partial charge in [0.15, 0.2) is 0 Å². The van der Waals surface area contributed by atoms with Crippen molar-refractivity contribution in [1.82, 2.24) is 5.32 Å². The molecule has 5 heteroatoms. The highest BCUT2D eigenvalue weighted by Gasteiger charge is 2.11. The molecule has 1 atom stereocenters. The number of thioether (sulfide) groups is 1. The highest BCUT2D eigenvalue weighted by Crippen LogP contribution is 2.26. The summed E-state index contributed by atoms with van der Waals surface area (Å²) in [5.41, 5.74) is 0. The maximum atomic E-state index is 6.03. The van der Waals surface area contributed by atoms with Crippen molar-refractivity contribution in [2.24, 2.45) is 0 Å². The molecule has 0 aliphatic heterocycles. The molecular formula is C16H19Cl2NS2. The van der Waals surface area contributed by atoms with E-state index in [0.29, 0.717) is 6.04 Å². The predicted octanol–water partition coefficient (Wildman–Crippen LogP) is 5.76. The van der Waals surface area contributed by atoms with Gasteiger partial charge in [-0.1, -0.05) is 36.2 Å². The Hall–Kier alpha value is -0.190. The number of benzene rings is 1. The molecule has 0 radical (unpaired) electrons. The largest absolute Gasteiger partial charge is 0.313 e. The fourth-order valence-electron chi connectivity index (χ4n) is 2.00. The number of halogens is 2. The van der Waals surface area contributed by atoms with E-state index in [1.165, 1.54) is 9.77 Å². The number of hydrogen-bond donors (Lipinski definition) is 1. The molecule has 0 spiro atoms. The van der Waals surface area contributed by atoms with E-state index in [9.17, 15) is 0 Å². The van der Waals surface area contributed by atoms with E-state index in [2.05, 4.69) is 24.4 Å². The highest BCUT2D eigenvalue weighted by molar-refractivity contribution is 7.99. The Morgan fingerprint density at radius 3 is 2.76 bits per heavy atom. The average Bonchev–Trinajstić information content (AvgIpc) is 2.87. The molecule has 114 valence electrons. The van der Waals surface area contributed by atoms with Gasteiger partial charge < -0.3 is 5.32 Å². The molecule has 1 aromatic carbocycles. The quantitative estimate of drug-likeness (QED) is 0.601. The molecule has 0 aliphatic rings. The van der Waals surface area contributed by atoms with Gasteiger partial charge in [0.05, 0.1) is 4.34 Å². The van der Waals surface area contributed by atoms with Crippen LogP contribution in [0.3, 0.4) is 0 Å². The molecule has 1 N–H and O–H groups in total. The molecule has 1 nitrogen and oxygen atoms in total. The van der Waals surface area contributed by atoms with Crippen LogP contribution in [-0.4, -0.2) is 18.3 Å². The normalized spacial score (nSPS) is 12.5. The van der Waals surface area contributed by atoms with E-state index in [0.717, 1.165) is 34.5 Å². The maximum Gasteiger partial charge on any atom is 0.0931 e. The van der Waals surface area contributed by atoms with Gasteiger partial charge in [-0.2, -0.15) is 0 Å². The maximum absolute atomic E-state index is 6.03. The van der Waals surface area contributed by atoms with Gasteiger partial charge in [-0.05, 0) is 49.7 Å². The summed E-state index contributed by atoms with van der Waals surface area (Å²) >= 11 is 15.6. The van der Waals surface area contributed by atoms with Crippen LogP contribution in [0, 0.1) is 0 Å². The second kappa shape index (κ2) is 9.06. The number of thiophene rings is 1. The summed E-state index contributed by atoms with van der Waals surface area (Å²) in [5, 5.41) is 4.42. The number of hydrogen-bond acceptors (Lipinski definition) is 3. The minimum atomic E-state index is 0.448. The Bertz CT molecular complexity index is 557. The Morgan fingerprint density at radius 1 is 1.24 bits per heavy atom. The fourth-order valence-corrected chi connectivity index (χ4v) is 4.43. The second-order valence-corrected chi connectivity index (χ2v) is 8.16. The topological polar surface area (TPSA) is 12.0 Å². The summed E-state index contributed by atoms with van der Waals surface area (Å²) in [4.78, 5) is 2.55. The van der Waals surface area contributed by atoms with Crippen molar-refractivity contribution in [3.8, 4) is 0 Å². The standard InChI is InChI=1S/C16H19Cl2NS2/c1-2-8-19-13(10-15-6-7-16(18)21-15)11-20-14-5-3-4-12(17)9-14/h3-7,9,13,19H,2,8,10-11H2,1H3. The monoisotopic (exact) mass is 359 g/mol. The van der Waals surface area contributed by atoms with Crippen LogP contribution in [0.5, 0.6) is 0 Å². The lowest BCUT2D eigenvalue weighted by Gasteiger charge is -2.17. The van der Waals surface area contributed by atoms with Crippen molar-refractivity contribution in [2.45, 2.75) is 30.7 Å². The predicted molar refractivity (Wildman–Crippen MR) is 97.3 cm³/mol. The summed E-state index contributed by atoms with van der Waals surface area (Å²) in [5.74, 6) is 1.02. The van der Waals surface area contributed by atoms with Gasteiger partial charge >= 0.3 is 0 Å². The Morgan fingerprint density at radius 2 is 2.10 bits per heavy atom. The molecule has 0 fully saturated rings. The van der Waals surface area contributed by atoms with Gasteiger partial charge in [0.1, 0.15) is 0 Å². The number of rotatable bonds is 8. The lowest BCUT2D eigenvalue weighted by molar-refractivity contribution is 0.553. The van der Waals surface area contributed by atoms with Crippen molar-refractivity contribution in [2.75, 3.05) is 12.3 Å². The summed E-state index contributed by atoms with van der Waals surface area (Å²) in [6.45, 7) is 3.23. The molecule has 0 saturated heterocycles. The van der Waals surface area contributed by atoms with E-state index in [-0.39, 0.29) is 0 Å². The first-order valence-electron chi connectivity index (χ1n) is 7.03. The first kappa shape index (κ1) is 17.2. The Kier molecular flexibility index (Phi) is 7.41. The molecule has 2 rings (SSSR count). The third-order valence-electron chi connectivity index (χ3n) is 3.01. The van der Waals surface area contributed by atoms with Gasteiger partial charge in [-0.25, -0.2) is 0 Å². The van der Waals surface area contributed by atoms with Gasteiger partial charge in [-0.15, -0.1) is 23.1 Å². The summed E-state index contributed by atoms with van der Waals surface area (Å²) in [6, 6.07) is 12.6. The van der Waals surface area contributed by atoms with Crippen LogP contribution in [0.15, 0.2) is 41.3 Å². The van der Waals surface area contributed by atoms with Crippen LogP contribution in [0.1, 0.15) is 18.2 Å².